The van der Waals surface area contributed by atoms with E-state index in [-0.39, 0.29) is 11.8 Å². The van der Waals surface area contributed by atoms with Crippen LogP contribution < -0.4 is 0 Å². The molecule has 0 aliphatic rings. The zero-order valence-corrected chi connectivity index (χ0v) is 11.0. The van der Waals surface area contributed by atoms with Crippen LogP contribution in [0.4, 0.5) is 4.39 Å². The van der Waals surface area contributed by atoms with Gasteiger partial charge < -0.3 is 4.74 Å². The summed E-state index contributed by atoms with van der Waals surface area (Å²) in [6, 6.07) is 5.42. The Kier molecular flexibility index (Phi) is 7.07. The van der Waals surface area contributed by atoms with Gasteiger partial charge >= 0.3 is 5.97 Å². The van der Waals surface area contributed by atoms with Crippen molar-refractivity contribution in [1.29, 1.82) is 0 Å². The van der Waals surface area contributed by atoms with Crippen LogP contribution in [0.3, 0.4) is 0 Å². The summed E-state index contributed by atoms with van der Waals surface area (Å²) in [5, 5.41) is 0. The molecule has 0 spiro atoms. The molecule has 1 aromatic rings. The maximum atomic E-state index is 12.7. The minimum atomic E-state index is -0.372. The second-order valence-corrected chi connectivity index (χ2v) is 4.41. The van der Waals surface area contributed by atoms with Crippen LogP contribution in [-0.2, 0) is 4.74 Å². The number of benzene rings is 1. The minimum absolute atomic E-state index is 0.345. The lowest BCUT2D eigenvalue weighted by Gasteiger charge is -2.04. The SMILES string of the molecule is CCCCCCCCOC(=O)c1ccc(F)cc1. The van der Waals surface area contributed by atoms with E-state index >= 15 is 0 Å². The van der Waals surface area contributed by atoms with Crippen molar-refractivity contribution in [2.24, 2.45) is 0 Å². The summed E-state index contributed by atoms with van der Waals surface area (Å²) >= 11 is 0. The molecule has 100 valence electrons. The number of carbonyl (C=O) groups excluding carboxylic acids is 1. The van der Waals surface area contributed by atoms with Crippen molar-refractivity contribution in [3.63, 3.8) is 0 Å². The van der Waals surface area contributed by atoms with Gasteiger partial charge in [-0.15, -0.1) is 0 Å². The van der Waals surface area contributed by atoms with Crippen LogP contribution in [0.15, 0.2) is 24.3 Å². The van der Waals surface area contributed by atoms with E-state index in [1.165, 1.54) is 49.9 Å². The number of unbranched alkanes of at least 4 members (excludes halogenated alkanes) is 5. The van der Waals surface area contributed by atoms with Crippen molar-refractivity contribution < 1.29 is 13.9 Å². The first-order chi connectivity index (χ1) is 8.74. The molecular formula is C15H21FO2. The Labute approximate surface area is 108 Å². The molecule has 1 aromatic carbocycles. The summed E-state index contributed by atoms with van der Waals surface area (Å²) in [4.78, 5) is 11.5. The standard InChI is InChI=1S/C15H21FO2/c1-2-3-4-5-6-7-12-18-15(17)13-8-10-14(16)11-9-13/h8-11H,2-7,12H2,1H3. The van der Waals surface area contributed by atoms with Crippen molar-refractivity contribution in [3.8, 4) is 0 Å². The van der Waals surface area contributed by atoms with Gasteiger partial charge in [0.05, 0.1) is 12.2 Å². The predicted molar refractivity (Wildman–Crippen MR) is 70.1 cm³/mol. The topological polar surface area (TPSA) is 26.3 Å². The second kappa shape index (κ2) is 8.67. The molecule has 2 nitrogen and oxygen atoms in total. The van der Waals surface area contributed by atoms with Crippen LogP contribution in [0.25, 0.3) is 0 Å². The maximum Gasteiger partial charge on any atom is 0.338 e. The molecule has 0 N–H and O–H groups in total. The lowest BCUT2D eigenvalue weighted by Crippen LogP contribution is -2.06. The van der Waals surface area contributed by atoms with Crippen molar-refractivity contribution in [2.45, 2.75) is 45.4 Å². The van der Waals surface area contributed by atoms with Gasteiger partial charge in [0.1, 0.15) is 5.82 Å². The molecule has 0 atom stereocenters. The first-order valence-corrected chi connectivity index (χ1v) is 6.66. The van der Waals surface area contributed by atoms with E-state index in [1.807, 2.05) is 0 Å². The summed E-state index contributed by atoms with van der Waals surface area (Å²) in [7, 11) is 0. The van der Waals surface area contributed by atoms with Crippen molar-refractivity contribution >= 4 is 5.97 Å². The zero-order chi connectivity index (χ0) is 13.2. The molecule has 0 bridgehead atoms. The van der Waals surface area contributed by atoms with Gasteiger partial charge in [-0.25, -0.2) is 9.18 Å². The number of ether oxygens (including phenoxy) is 1. The number of hydrogen-bond donors (Lipinski definition) is 0. The first kappa shape index (κ1) is 14.7. The van der Waals surface area contributed by atoms with E-state index in [4.69, 9.17) is 4.74 Å². The summed E-state index contributed by atoms with van der Waals surface area (Å²) < 4.78 is 17.8. The average molecular weight is 252 g/mol. The van der Waals surface area contributed by atoms with Gasteiger partial charge in [-0.2, -0.15) is 0 Å². The number of hydrogen-bond acceptors (Lipinski definition) is 2. The molecule has 0 amide bonds. The summed E-state index contributed by atoms with van der Waals surface area (Å²) in [5.74, 6) is -0.717. The zero-order valence-electron chi connectivity index (χ0n) is 11.0. The fourth-order valence-electron chi connectivity index (χ4n) is 1.72. The predicted octanol–water partition coefficient (Wildman–Crippen LogP) is 4.34. The Balaban J connectivity index is 2.12. The Morgan fingerprint density at radius 1 is 1.06 bits per heavy atom. The monoisotopic (exact) mass is 252 g/mol. The highest BCUT2D eigenvalue weighted by Gasteiger charge is 2.06. The summed E-state index contributed by atoms with van der Waals surface area (Å²) in [5.41, 5.74) is 0.405. The molecule has 3 heteroatoms. The molecular weight excluding hydrogens is 231 g/mol. The smallest absolute Gasteiger partial charge is 0.338 e. The van der Waals surface area contributed by atoms with E-state index in [0.717, 1.165) is 12.8 Å². The molecule has 0 fully saturated rings. The molecule has 0 aliphatic carbocycles. The normalized spacial score (nSPS) is 10.3. The third-order valence-corrected chi connectivity index (χ3v) is 2.81. The van der Waals surface area contributed by atoms with Crippen LogP contribution >= 0.6 is 0 Å². The Morgan fingerprint density at radius 2 is 1.67 bits per heavy atom. The van der Waals surface area contributed by atoms with Gasteiger partial charge in [-0.3, -0.25) is 0 Å². The van der Waals surface area contributed by atoms with E-state index in [2.05, 4.69) is 6.92 Å². The van der Waals surface area contributed by atoms with Gasteiger partial charge in [0.25, 0.3) is 0 Å². The molecule has 0 unspecified atom stereocenters. The lowest BCUT2D eigenvalue weighted by molar-refractivity contribution is 0.0497. The summed E-state index contributed by atoms with van der Waals surface area (Å²) in [6.45, 7) is 2.63. The number of carbonyl (C=O) groups is 1. The molecule has 0 saturated heterocycles. The van der Waals surface area contributed by atoms with Crippen LogP contribution in [0.5, 0.6) is 0 Å². The van der Waals surface area contributed by atoms with E-state index in [0.29, 0.717) is 12.2 Å². The van der Waals surface area contributed by atoms with Gasteiger partial charge in [0.2, 0.25) is 0 Å². The second-order valence-electron chi connectivity index (χ2n) is 4.41. The minimum Gasteiger partial charge on any atom is -0.462 e. The van der Waals surface area contributed by atoms with Crippen LogP contribution in [0.2, 0.25) is 0 Å². The Hall–Kier alpha value is -1.38. The fourth-order valence-corrected chi connectivity index (χ4v) is 1.72. The molecule has 0 aliphatic heterocycles. The molecule has 0 saturated carbocycles. The van der Waals surface area contributed by atoms with Crippen molar-refractivity contribution in [1.82, 2.24) is 0 Å². The van der Waals surface area contributed by atoms with Gasteiger partial charge in [0, 0.05) is 0 Å². The highest BCUT2D eigenvalue weighted by molar-refractivity contribution is 5.89. The van der Waals surface area contributed by atoms with E-state index in [1.54, 1.807) is 0 Å². The Bertz CT molecular complexity index is 346. The maximum absolute atomic E-state index is 12.7. The van der Waals surface area contributed by atoms with Crippen molar-refractivity contribution in [2.75, 3.05) is 6.61 Å². The quantitative estimate of drug-likeness (QED) is 0.508. The largest absolute Gasteiger partial charge is 0.462 e. The highest BCUT2D eigenvalue weighted by Crippen LogP contribution is 2.07. The Morgan fingerprint density at radius 3 is 2.33 bits per heavy atom. The lowest BCUT2D eigenvalue weighted by atomic mass is 10.1. The fraction of sp³-hybridized carbons (Fsp3) is 0.533. The third kappa shape index (κ3) is 5.80. The number of rotatable bonds is 8. The van der Waals surface area contributed by atoms with E-state index < -0.39 is 0 Å². The number of halogens is 1. The first-order valence-electron chi connectivity index (χ1n) is 6.66. The molecule has 1 rings (SSSR count). The van der Waals surface area contributed by atoms with Crippen LogP contribution in [0, 0.1) is 5.82 Å². The number of esters is 1. The molecule has 0 aromatic heterocycles. The summed E-state index contributed by atoms with van der Waals surface area (Å²) in [6.07, 6.45) is 6.95. The molecule has 18 heavy (non-hydrogen) atoms. The highest BCUT2D eigenvalue weighted by atomic mass is 19.1. The molecule has 0 radical (unpaired) electrons. The third-order valence-electron chi connectivity index (χ3n) is 2.81. The average Bonchev–Trinajstić information content (AvgIpc) is 2.38. The van der Waals surface area contributed by atoms with Crippen molar-refractivity contribution in [3.05, 3.63) is 35.6 Å². The van der Waals surface area contributed by atoms with Crippen LogP contribution in [0.1, 0.15) is 55.8 Å². The van der Waals surface area contributed by atoms with E-state index in [9.17, 15) is 9.18 Å². The van der Waals surface area contributed by atoms with Gasteiger partial charge in [0.15, 0.2) is 0 Å². The molecule has 0 heterocycles. The van der Waals surface area contributed by atoms with Gasteiger partial charge in [-0.1, -0.05) is 39.0 Å². The van der Waals surface area contributed by atoms with Crippen LogP contribution in [-0.4, -0.2) is 12.6 Å². The van der Waals surface area contributed by atoms with Gasteiger partial charge in [-0.05, 0) is 30.7 Å².